The summed E-state index contributed by atoms with van der Waals surface area (Å²) >= 11 is 6.44. The van der Waals surface area contributed by atoms with Gasteiger partial charge in [-0.3, -0.25) is 4.68 Å². The standard InChI is InChI=1S/C14H14Br2F2N2O/c1-3-10-14(16)11(20(2)19-10)6-12(21)13-8(17)4-7(15)5-9(13)18/h4-5,12,21H,3,6H2,1-2H3. The van der Waals surface area contributed by atoms with Gasteiger partial charge in [-0.25, -0.2) is 8.78 Å². The molecule has 0 bridgehead atoms. The van der Waals surface area contributed by atoms with E-state index in [2.05, 4.69) is 37.0 Å². The molecular formula is C14H14Br2F2N2O. The number of aliphatic hydroxyl groups excluding tert-OH is 1. The predicted molar refractivity (Wildman–Crippen MR) is 83.0 cm³/mol. The Hall–Kier alpha value is -0.790. The Kier molecular flexibility index (Phi) is 5.16. The van der Waals surface area contributed by atoms with Crippen LogP contribution in [0.25, 0.3) is 0 Å². The van der Waals surface area contributed by atoms with Crippen molar-refractivity contribution in [3.05, 3.63) is 49.7 Å². The number of aromatic nitrogens is 2. The second-order valence-corrected chi connectivity index (χ2v) is 6.40. The number of hydrogen-bond donors (Lipinski definition) is 1. The quantitative estimate of drug-likeness (QED) is 0.805. The molecule has 2 rings (SSSR count). The highest BCUT2D eigenvalue weighted by molar-refractivity contribution is 9.10. The minimum atomic E-state index is -1.28. The second-order valence-electron chi connectivity index (χ2n) is 4.69. The van der Waals surface area contributed by atoms with Crippen LogP contribution in [0, 0.1) is 11.6 Å². The maximum absolute atomic E-state index is 13.9. The Morgan fingerprint density at radius 2 is 1.86 bits per heavy atom. The molecule has 1 atom stereocenters. The van der Waals surface area contributed by atoms with Crippen molar-refractivity contribution < 1.29 is 13.9 Å². The third kappa shape index (κ3) is 3.35. The van der Waals surface area contributed by atoms with Crippen LogP contribution in [0.4, 0.5) is 8.78 Å². The summed E-state index contributed by atoms with van der Waals surface area (Å²) in [4.78, 5) is 0. The van der Waals surface area contributed by atoms with Gasteiger partial charge in [0.1, 0.15) is 11.6 Å². The van der Waals surface area contributed by atoms with Crippen molar-refractivity contribution in [2.24, 2.45) is 7.05 Å². The van der Waals surface area contributed by atoms with Gasteiger partial charge in [-0.2, -0.15) is 5.10 Å². The highest BCUT2D eigenvalue weighted by Crippen LogP contribution is 2.30. The molecule has 1 aromatic heterocycles. The SMILES string of the molecule is CCc1nn(C)c(CC(O)c2c(F)cc(Br)cc2F)c1Br. The van der Waals surface area contributed by atoms with Crippen molar-refractivity contribution in [3.8, 4) is 0 Å². The lowest BCUT2D eigenvalue weighted by Gasteiger charge is -2.14. The number of benzene rings is 1. The van der Waals surface area contributed by atoms with Gasteiger partial charge in [0, 0.05) is 17.9 Å². The van der Waals surface area contributed by atoms with Crippen LogP contribution in [0.1, 0.15) is 30.0 Å². The Morgan fingerprint density at radius 3 is 2.33 bits per heavy atom. The van der Waals surface area contributed by atoms with E-state index in [1.54, 1.807) is 11.7 Å². The molecule has 0 saturated carbocycles. The topological polar surface area (TPSA) is 38.0 Å². The molecule has 0 amide bonds. The first-order valence-corrected chi connectivity index (χ1v) is 7.96. The first-order valence-electron chi connectivity index (χ1n) is 6.37. The van der Waals surface area contributed by atoms with Gasteiger partial charge < -0.3 is 5.11 Å². The molecule has 0 spiro atoms. The normalized spacial score (nSPS) is 12.7. The van der Waals surface area contributed by atoms with Crippen molar-refractivity contribution in [2.45, 2.75) is 25.9 Å². The van der Waals surface area contributed by atoms with Crippen molar-refractivity contribution in [1.82, 2.24) is 9.78 Å². The number of hydrogen-bond acceptors (Lipinski definition) is 2. The third-order valence-corrected chi connectivity index (χ3v) is 4.64. The maximum atomic E-state index is 13.9. The smallest absolute Gasteiger partial charge is 0.133 e. The average molecular weight is 424 g/mol. The van der Waals surface area contributed by atoms with Gasteiger partial charge in [-0.15, -0.1) is 0 Å². The molecule has 1 unspecified atom stereocenters. The minimum absolute atomic E-state index is 0.0690. The van der Waals surface area contributed by atoms with E-state index in [1.165, 1.54) is 0 Å². The number of aryl methyl sites for hydroxylation is 2. The van der Waals surface area contributed by atoms with Crippen LogP contribution in [-0.2, 0) is 19.9 Å². The molecule has 0 saturated heterocycles. The molecule has 7 heteroatoms. The average Bonchev–Trinajstić information content (AvgIpc) is 2.65. The van der Waals surface area contributed by atoms with E-state index >= 15 is 0 Å². The summed E-state index contributed by atoms with van der Waals surface area (Å²) in [7, 11) is 1.74. The molecule has 0 fully saturated rings. The molecule has 0 aliphatic carbocycles. The molecule has 2 aromatic rings. The lowest BCUT2D eigenvalue weighted by molar-refractivity contribution is 0.165. The summed E-state index contributed by atoms with van der Waals surface area (Å²) in [5.74, 6) is -1.55. The zero-order valence-corrected chi connectivity index (χ0v) is 14.7. The summed E-state index contributed by atoms with van der Waals surface area (Å²) in [6.07, 6.45) is -0.486. The van der Waals surface area contributed by atoms with Gasteiger partial charge in [0.15, 0.2) is 0 Å². The predicted octanol–water partition coefficient (Wildman–Crippen LogP) is 4.06. The van der Waals surface area contributed by atoms with Gasteiger partial charge in [0.05, 0.1) is 27.5 Å². The molecule has 1 N–H and O–H groups in total. The fourth-order valence-corrected chi connectivity index (χ4v) is 3.38. The number of rotatable bonds is 4. The number of nitrogens with zero attached hydrogens (tertiary/aromatic N) is 2. The van der Waals surface area contributed by atoms with Crippen LogP contribution in [0.15, 0.2) is 21.1 Å². The van der Waals surface area contributed by atoms with Gasteiger partial charge in [0.25, 0.3) is 0 Å². The first-order chi connectivity index (χ1) is 9.85. The Morgan fingerprint density at radius 1 is 1.29 bits per heavy atom. The van der Waals surface area contributed by atoms with Crippen LogP contribution in [-0.4, -0.2) is 14.9 Å². The summed E-state index contributed by atoms with van der Waals surface area (Å²) in [5.41, 5.74) is 1.21. The monoisotopic (exact) mass is 422 g/mol. The third-order valence-electron chi connectivity index (χ3n) is 3.27. The maximum Gasteiger partial charge on any atom is 0.133 e. The van der Waals surface area contributed by atoms with Crippen LogP contribution in [0.5, 0.6) is 0 Å². The Balaban J connectivity index is 2.35. The summed E-state index contributed by atoms with van der Waals surface area (Å²) in [5, 5.41) is 14.5. The van der Waals surface area contributed by atoms with Gasteiger partial charge in [-0.1, -0.05) is 22.9 Å². The number of aliphatic hydroxyl groups is 1. The molecular weight excluding hydrogens is 410 g/mol. The van der Waals surface area contributed by atoms with Crippen molar-refractivity contribution in [2.75, 3.05) is 0 Å². The van der Waals surface area contributed by atoms with Crippen LogP contribution < -0.4 is 0 Å². The van der Waals surface area contributed by atoms with E-state index in [0.29, 0.717) is 10.2 Å². The van der Waals surface area contributed by atoms with Gasteiger partial charge >= 0.3 is 0 Å². The van der Waals surface area contributed by atoms with Gasteiger partial charge in [-0.05, 0) is 34.5 Å². The summed E-state index contributed by atoms with van der Waals surface area (Å²) in [6, 6.07) is 2.27. The van der Waals surface area contributed by atoms with Crippen molar-refractivity contribution in [1.29, 1.82) is 0 Å². The first kappa shape index (κ1) is 16.6. The lowest BCUT2D eigenvalue weighted by Crippen LogP contribution is -2.10. The fourth-order valence-electron chi connectivity index (χ4n) is 2.20. The van der Waals surface area contributed by atoms with E-state index in [1.807, 2.05) is 6.92 Å². The van der Waals surface area contributed by atoms with Crippen LogP contribution >= 0.6 is 31.9 Å². The molecule has 3 nitrogen and oxygen atoms in total. The molecule has 1 heterocycles. The van der Waals surface area contributed by atoms with Crippen molar-refractivity contribution in [3.63, 3.8) is 0 Å². The zero-order valence-electron chi connectivity index (χ0n) is 11.5. The molecule has 1 aromatic carbocycles. The minimum Gasteiger partial charge on any atom is -0.388 e. The van der Waals surface area contributed by atoms with Crippen LogP contribution in [0.2, 0.25) is 0 Å². The highest BCUT2D eigenvalue weighted by Gasteiger charge is 2.23. The van der Waals surface area contributed by atoms with Crippen molar-refractivity contribution >= 4 is 31.9 Å². The second kappa shape index (κ2) is 6.54. The number of halogens is 4. The van der Waals surface area contributed by atoms with Crippen LogP contribution in [0.3, 0.4) is 0 Å². The van der Waals surface area contributed by atoms with E-state index in [-0.39, 0.29) is 12.0 Å². The van der Waals surface area contributed by atoms with Gasteiger partial charge in [0.2, 0.25) is 0 Å². The molecule has 0 aliphatic heterocycles. The van der Waals surface area contributed by atoms with E-state index < -0.39 is 17.7 Å². The Labute approximate surface area is 138 Å². The fraction of sp³-hybridized carbons (Fsp3) is 0.357. The molecule has 21 heavy (non-hydrogen) atoms. The summed E-state index contributed by atoms with van der Waals surface area (Å²) < 4.78 is 30.4. The van der Waals surface area contributed by atoms with E-state index in [9.17, 15) is 13.9 Å². The molecule has 0 aliphatic rings. The summed E-state index contributed by atoms with van der Waals surface area (Å²) in [6.45, 7) is 1.96. The Bertz CT molecular complexity index is 650. The van der Waals surface area contributed by atoms with E-state index in [0.717, 1.165) is 28.7 Å². The van der Waals surface area contributed by atoms with E-state index in [4.69, 9.17) is 0 Å². The lowest BCUT2D eigenvalue weighted by atomic mass is 10.0. The highest BCUT2D eigenvalue weighted by atomic mass is 79.9. The molecule has 0 radical (unpaired) electrons. The largest absolute Gasteiger partial charge is 0.388 e. The molecule has 114 valence electrons. The zero-order chi connectivity index (χ0) is 15.7.